The molecule has 1 aliphatic carbocycles. The van der Waals surface area contributed by atoms with Crippen molar-refractivity contribution in [1.82, 2.24) is 4.90 Å². The van der Waals surface area contributed by atoms with Gasteiger partial charge in [-0.3, -0.25) is 0 Å². The van der Waals surface area contributed by atoms with Gasteiger partial charge in [-0.25, -0.2) is 0 Å². The Bertz CT molecular complexity index is 265. The zero-order valence-corrected chi connectivity index (χ0v) is 7.51. The van der Waals surface area contributed by atoms with Crippen LogP contribution in [0.4, 0.5) is 0 Å². The fraction of sp³-hybridized carbons (Fsp3) is 0.500. The third-order valence-corrected chi connectivity index (χ3v) is 2.57. The van der Waals surface area contributed by atoms with Crippen molar-refractivity contribution < 1.29 is 0 Å². The SMILES string of the molecule is NC1=C(N)CN(C2CC2)C(Cl)=C1. The molecule has 1 fully saturated rings. The maximum absolute atomic E-state index is 6.00. The fourth-order valence-corrected chi connectivity index (χ4v) is 1.66. The van der Waals surface area contributed by atoms with Gasteiger partial charge in [-0.15, -0.1) is 0 Å². The van der Waals surface area contributed by atoms with Gasteiger partial charge in [0.2, 0.25) is 0 Å². The highest BCUT2D eigenvalue weighted by molar-refractivity contribution is 6.29. The van der Waals surface area contributed by atoms with Crippen LogP contribution < -0.4 is 11.5 Å². The number of hydrogen-bond acceptors (Lipinski definition) is 3. The molecule has 0 aromatic rings. The zero-order valence-electron chi connectivity index (χ0n) is 6.76. The quantitative estimate of drug-likeness (QED) is 0.591. The van der Waals surface area contributed by atoms with Crippen molar-refractivity contribution in [3.8, 4) is 0 Å². The second-order valence-corrected chi connectivity index (χ2v) is 3.69. The standard InChI is InChI=1S/C8H12ClN3/c9-8-3-6(10)7(11)4-12(8)5-1-2-5/h3,5H,1-2,4,10-11H2. The number of nitrogens with two attached hydrogens (primary N) is 2. The van der Waals surface area contributed by atoms with Crippen molar-refractivity contribution in [2.75, 3.05) is 6.54 Å². The van der Waals surface area contributed by atoms with Crippen LogP contribution in [0.25, 0.3) is 0 Å². The third-order valence-electron chi connectivity index (χ3n) is 2.25. The Hall–Kier alpha value is -0.830. The second kappa shape index (κ2) is 2.59. The minimum absolute atomic E-state index is 0.598. The largest absolute Gasteiger partial charge is 0.399 e. The lowest BCUT2D eigenvalue weighted by Gasteiger charge is -2.27. The normalized spacial score (nSPS) is 24.4. The molecule has 4 heteroatoms. The van der Waals surface area contributed by atoms with Crippen molar-refractivity contribution in [3.63, 3.8) is 0 Å². The van der Waals surface area contributed by atoms with E-state index in [1.165, 1.54) is 12.8 Å². The summed E-state index contributed by atoms with van der Waals surface area (Å²) in [5.74, 6) is 0. The molecule has 0 aromatic heterocycles. The Balaban J connectivity index is 2.18. The summed E-state index contributed by atoms with van der Waals surface area (Å²) in [7, 11) is 0. The molecule has 66 valence electrons. The molecule has 0 amide bonds. The maximum Gasteiger partial charge on any atom is 0.107 e. The van der Waals surface area contributed by atoms with E-state index in [9.17, 15) is 0 Å². The smallest absolute Gasteiger partial charge is 0.107 e. The van der Waals surface area contributed by atoms with Gasteiger partial charge < -0.3 is 16.4 Å². The summed E-state index contributed by atoms with van der Waals surface area (Å²) in [6, 6.07) is 0.598. The molecule has 0 atom stereocenters. The van der Waals surface area contributed by atoms with Crippen LogP contribution in [0.1, 0.15) is 12.8 Å². The summed E-state index contributed by atoms with van der Waals surface area (Å²) in [5.41, 5.74) is 12.7. The van der Waals surface area contributed by atoms with Crippen LogP contribution in [-0.4, -0.2) is 17.5 Å². The minimum atomic E-state index is 0.598. The third kappa shape index (κ3) is 1.25. The summed E-state index contributed by atoms with van der Waals surface area (Å²) in [6.07, 6.45) is 4.17. The highest BCUT2D eigenvalue weighted by atomic mass is 35.5. The first-order chi connectivity index (χ1) is 5.68. The van der Waals surface area contributed by atoms with E-state index in [4.69, 9.17) is 23.1 Å². The van der Waals surface area contributed by atoms with Gasteiger partial charge in [0, 0.05) is 6.04 Å². The van der Waals surface area contributed by atoms with Crippen LogP contribution in [0.3, 0.4) is 0 Å². The Labute approximate surface area is 76.6 Å². The Morgan fingerprint density at radius 2 is 2.08 bits per heavy atom. The summed E-state index contributed by atoms with van der Waals surface area (Å²) in [5, 5.41) is 0.726. The Morgan fingerprint density at radius 1 is 1.42 bits per heavy atom. The lowest BCUT2D eigenvalue weighted by molar-refractivity contribution is 0.376. The van der Waals surface area contributed by atoms with Gasteiger partial charge in [-0.1, -0.05) is 11.6 Å². The Kier molecular flexibility index (Phi) is 1.68. The molecule has 4 N–H and O–H groups in total. The molecular formula is C8H12ClN3. The molecule has 0 spiro atoms. The van der Waals surface area contributed by atoms with Crippen LogP contribution in [0.2, 0.25) is 0 Å². The highest BCUT2D eigenvalue weighted by Crippen LogP contribution is 2.33. The van der Waals surface area contributed by atoms with Crippen molar-refractivity contribution in [2.45, 2.75) is 18.9 Å². The maximum atomic E-state index is 6.00. The predicted octanol–water partition coefficient (Wildman–Crippen LogP) is 0.674. The van der Waals surface area contributed by atoms with E-state index >= 15 is 0 Å². The second-order valence-electron chi connectivity index (χ2n) is 3.31. The summed E-state index contributed by atoms with van der Waals surface area (Å²) in [4.78, 5) is 2.10. The van der Waals surface area contributed by atoms with Crippen molar-refractivity contribution in [1.29, 1.82) is 0 Å². The summed E-state index contributed by atoms with van der Waals surface area (Å²) in [6.45, 7) is 0.686. The minimum Gasteiger partial charge on any atom is -0.399 e. The zero-order chi connectivity index (χ0) is 8.72. The van der Waals surface area contributed by atoms with Crippen LogP contribution in [0.15, 0.2) is 22.6 Å². The molecular weight excluding hydrogens is 174 g/mol. The van der Waals surface area contributed by atoms with Crippen molar-refractivity contribution in [3.05, 3.63) is 22.6 Å². The molecule has 1 saturated carbocycles. The first kappa shape index (κ1) is 7.80. The van der Waals surface area contributed by atoms with E-state index in [-0.39, 0.29) is 0 Å². The first-order valence-electron chi connectivity index (χ1n) is 4.06. The number of allylic oxidation sites excluding steroid dienone is 1. The van der Waals surface area contributed by atoms with E-state index in [0.717, 1.165) is 10.9 Å². The van der Waals surface area contributed by atoms with Crippen LogP contribution in [0, 0.1) is 0 Å². The van der Waals surface area contributed by atoms with Crippen LogP contribution in [0.5, 0.6) is 0 Å². The number of halogens is 1. The van der Waals surface area contributed by atoms with E-state index in [2.05, 4.69) is 4.90 Å². The first-order valence-corrected chi connectivity index (χ1v) is 4.44. The van der Waals surface area contributed by atoms with Gasteiger partial charge in [0.1, 0.15) is 5.16 Å². The monoisotopic (exact) mass is 185 g/mol. The van der Waals surface area contributed by atoms with Gasteiger partial charge in [-0.05, 0) is 18.9 Å². The topological polar surface area (TPSA) is 55.3 Å². The average molecular weight is 186 g/mol. The van der Waals surface area contributed by atoms with E-state index in [1.807, 2.05) is 0 Å². The van der Waals surface area contributed by atoms with Gasteiger partial charge in [0.05, 0.1) is 17.9 Å². The van der Waals surface area contributed by atoms with E-state index in [0.29, 0.717) is 18.3 Å². The molecule has 2 rings (SSSR count). The highest BCUT2D eigenvalue weighted by Gasteiger charge is 2.31. The van der Waals surface area contributed by atoms with Gasteiger partial charge in [0.15, 0.2) is 0 Å². The molecule has 1 heterocycles. The molecule has 1 aliphatic heterocycles. The molecule has 0 unspecified atom stereocenters. The van der Waals surface area contributed by atoms with Crippen LogP contribution in [-0.2, 0) is 0 Å². The van der Waals surface area contributed by atoms with Gasteiger partial charge >= 0.3 is 0 Å². The molecule has 0 bridgehead atoms. The lowest BCUT2D eigenvalue weighted by atomic mass is 10.2. The molecule has 0 radical (unpaired) electrons. The Morgan fingerprint density at radius 3 is 2.67 bits per heavy atom. The van der Waals surface area contributed by atoms with E-state index in [1.54, 1.807) is 6.08 Å². The molecule has 3 nitrogen and oxygen atoms in total. The summed E-state index contributed by atoms with van der Waals surface area (Å²) < 4.78 is 0. The number of rotatable bonds is 1. The molecule has 0 aromatic carbocycles. The molecule has 0 saturated heterocycles. The van der Waals surface area contributed by atoms with Gasteiger partial charge in [-0.2, -0.15) is 0 Å². The molecule has 12 heavy (non-hydrogen) atoms. The summed E-state index contributed by atoms with van der Waals surface area (Å²) >= 11 is 6.00. The number of hydrogen-bond donors (Lipinski definition) is 2. The number of nitrogens with zero attached hydrogens (tertiary/aromatic N) is 1. The van der Waals surface area contributed by atoms with Crippen molar-refractivity contribution >= 4 is 11.6 Å². The predicted molar refractivity (Wildman–Crippen MR) is 49.1 cm³/mol. The van der Waals surface area contributed by atoms with E-state index < -0.39 is 0 Å². The molecule has 2 aliphatic rings. The van der Waals surface area contributed by atoms with Gasteiger partial charge in [0.25, 0.3) is 0 Å². The fourth-order valence-electron chi connectivity index (χ4n) is 1.34. The lowest BCUT2D eigenvalue weighted by Crippen LogP contribution is -2.32. The van der Waals surface area contributed by atoms with Crippen molar-refractivity contribution in [2.24, 2.45) is 11.5 Å². The van der Waals surface area contributed by atoms with Crippen LogP contribution >= 0.6 is 11.6 Å². The average Bonchev–Trinajstić information content (AvgIpc) is 2.79.